The summed E-state index contributed by atoms with van der Waals surface area (Å²) in [6.07, 6.45) is -0.585. The lowest BCUT2D eigenvalue weighted by molar-refractivity contribution is -0.164. The lowest BCUT2D eigenvalue weighted by Gasteiger charge is -2.25. The highest BCUT2D eigenvalue weighted by atomic mass is 32.2. The molecule has 0 heterocycles. The zero-order valence-electron chi connectivity index (χ0n) is 22.2. The van der Waals surface area contributed by atoms with E-state index in [0.717, 1.165) is 12.1 Å². The minimum absolute atomic E-state index is 0.0667. The molecule has 0 saturated heterocycles. The smallest absolute Gasteiger partial charge is 0.343 e. The fourth-order valence-corrected chi connectivity index (χ4v) is 4.17. The summed E-state index contributed by atoms with van der Waals surface area (Å²) in [5.74, 6) is -2.39. The van der Waals surface area contributed by atoms with E-state index in [9.17, 15) is 22.8 Å². The predicted octanol–water partition coefficient (Wildman–Crippen LogP) is 2.91. The van der Waals surface area contributed by atoms with Gasteiger partial charge in [-0.05, 0) is 90.1 Å². The Bertz CT molecular complexity index is 1290. The molecule has 206 valence electrons. The van der Waals surface area contributed by atoms with Gasteiger partial charge >= 0.3 is 17.9 Å². The number of nitrogens with one attached hydrogen (secondary N) is 2. The Morgan fingerprint density at radius 2 is 1.37 bits per heavy atom. The number of sulfonamides is 1. The highest BCUT2D eigenvalue weighted by Gasteiger charge is 2.33. The van der Waals surface area contributed by atoms with E-state index in [1.54, 1.807) is 41.5 Å². The van der Waals surface area contributed by atoms with E-state index in [4.69, 9.17) is 25.4 Å². The molecule has 0 fully saturated rings. The first-order chi connectivity index (χ1) is 17.4. The van der Waals surface area contributed by atoms with Crippen LogP contribution >= 0.6 is 0 Å². The van der Waals surface area contributed by atoms with Gasteiger partial charge in [0.05, 0.1) is 16.9 Å². The van der Waals surface area contributed by atoms with Crippen molar-refractivity contribution in [3.8, 4) is 5.75 Å². The highest BCUT2D eigenvalue weighted by Crippen LogP contribution is 2.18. The summed E-state index contributed by atoms with van der Waals surface area (Å²) in [6.45, 7) is 9.76. The Labute approximate surface area is 222 Å². The largest absolute Gasteiger partial charge is 0.460 e. The van der Waals surface area contributed by atoms with Gasteiger partial charge in [-0.2, -0.15) is 4.72 Å². The van der Waals surface area contributed by atoms with Crippen LogP contribution in [0.5, 0.6) is 5.75 Å². The maximum atomic E-state index is 13.0. The van der Waals surface area contributed by atoms with E-state index in [2.05, 4.69) is 4.72 Å². The molecular formula is C26H33N3O8S. The van der Waals surface area contributed by atoms with E-state index >= 15 is 0 Å². The molecule has 0 aliphatic heterocycles. The molecule has 0 unspecified atom stereocenters. The molecule has 0 aliphatic carbocycles. The van der Waals surface area contributed by atoms with Gasteiger partial charge in [-0.25, -0.2) is 13.2 Å². The molecule has 2 aromatic rings. The van der Waals surface area contributed by atoms with Crippen LogP contribution in [0.2, 0.25) is 0 Å². The second-order valence-corrected chi connectivity index (χ2v) is 12.1. The molecule has 11 nitrogen and oxygen atoms in total. The highest BCUT2D eigenvalue weighted by molar-refractivity contribution is 7.89. The molecular weight excluding hydrogens is 514 g/mol. The standard InChI is InChI=1S/C26H33N3O8S/c1-25(2,3)36-21(30)15-20(24(32)37-26(4,5)6)29-38(33,34)19-13-9-17(10-14-19)23(31)35-18-11-7-16(8-12-18)22(27)28/h7-14,20,29H,15H2,1-6H3,(H3,27,28)/t20-/m0/s1. The van der Waals surface area contributed by atoms with Crippen molar-refractivity contribution in [3.05, 3.63) is 59.7 Å². The number of benzene rings is 2. The summed E-state index contributed by atoms with van der Waals surface area (Å²) in [6, 6.07) is 9.26. The Balaban J connectivity index is 2.19. The van der Waals surface area contributed by atoms with Gasteiger partial charge in [0.2, 0.25) is 10.0 Å². The van der Waals surface area contributed by atoms with Crippen LogP contribution < -0.4 is 15.2 Å². The minimum Gasteiger partial charge on any atom is -0.460 e. The number of amidine groups is 1. The molecule has 38 heavy (non-hydrogen) atoms. The van der Waals surface area contributed by atoms with E-state index in [-0.39, 0.29) is 22.0 Å². The average molecular weight is 548 g/mol. The van der Waals surface area contributed by atoms with Crippen molar-refractivity contribution in [3.63, 3.8) is 0 Å². The van der Waals surface area contributed by atoms with Gasteiger partial charge in [0.15, 0.2) is 0 Å². The van der Waals surface area contributed by atoms with Crippen LogP contribution in [-0.4, -0.2) is 49.4 Å². The maximum Gasteiger partial charge on any atom is 0.343 e. The first kappa shape index (κ1) is 30.5. The Morgan fingerprint density at radius 1 is 0.868 bits per heavy atom. The van der Waals surface area contributed by atoms with Crippen molar-refractivity contribution in [1.29, 1.82) is 5.41 Å². The second-order valence-electron chi connectivity index (χ2n) is 10.3. The van der Waals surface area contributed by atoms with E-state index in [0.29, 0.717) is 5.56 Å². The molecule has 0 radical (unpaired) electrons. The molecule has 4 N–H and O–H groups in total. The zero-order chi connectivity index (χ0) is 28.9. The molecule has 0 amide bonds. The summed E-state index contributed by atoms with van der Waals surface area (Å²) >= 11 is 0. The topological polar surface area (TPSA) is 175 Å². The number of ether oxygens (including phenoxy) is 3. The van der Waals surface area contributed by atoms with Crippen molar-refractivity contribution in [1.82, 2.24) is 4.72 Å². The van der Waals surface area contributed by atoms with E-state index < -0.39 is 51.6 Å². The van der Waals surface area contributed by atoms with Gasteiger partial charge in [-0.15, -0.1) is 0 Å². The van der Waals surface area contributed by atoms with Crippen LogP contribution in [-0.2, 0) is 29.1 Å². The molecule has 12 heteroatoms. The van der Waals surface area contributed by atoms with Crippen LogP contribution in [0.4, 0.5) is 0 Å². The molecule has 1 atom stereocenters. The van der Waals surface area contributed by atoms with Crippen LogP contribution in [0.3, 0.4) is 0 Å². The summed E-state index contributed by atoms with van der Waals surface area (Å²) < 4.78 is 44.0. The van der Waals surface area contributed by atoms with Crippen LogP contribution in [0.25, 0.3) is 0 Å². The lowest BCUT2D eigenvalue weighted by Crippen LogP contribution is -2.46. The third-order valence-corrected chi connectivity index (χ3v) is 6.04. The van der Waals surface area contributed by atoms with Gasteiger partial charge in [0, 0.05) is 5.56 Å². The number of carbonyl (C=O) groups is 3. The minimum atomic E-state index is -4.31. The van der Waals surface area contributed by atoms with Gasteiger partial charge < -0.3 is 19.9 Å². The third kappa shape index (κ3) is 9.60. The summed E-state index contributed by atoms with van der Waals surface area (Å²) in [4.78, 5) is 37.3. The van der Waals surface area contributed by atoms with Crippen molar-refractivity contribution in [2.45, 2.75) is 70.1 Å². The lowest BCUT2D eigenvalue weighted by atomic mass is 10.1. The predicted molar refractivity (Wildman–Crippen MR) is 139 cm³/mol. The van der Waals surface area contributed by atoms with Gasteiger partial charge in [-0.3, -0.25) is 15.0 Å². The zero-order valence-corrected chi connectivity index (χ0v) is 23.0. The summed E-state index contributed by atoms with van der Waals surface area (Å²) in [5, 5.41) is 7.39. The van der Waals surface area contributed by atoms with Crippen LogP contribution in [0.1, 0.15) is 63.9 Å². The van der Waals surface area contributed by atoms with Crippen LogP contribution in [0, 0.1) is 5.41 Å². The first-order valence-electron chi connectivity index (χ1n) is 11.6. The van der Waals surface area contributed by atoms with Crippen molar-refractivity contribution in [2.75, 3.05) is 0 Å². The number of carbonyl (C=O) groups excluding carboxylic acids is 3. The van der Waals surface area contributed by atoms with E-state index in [1.807, 2.05) is 0 Å². The molecule has 0 bridgehead atoms. The van der Waals surface area contributed by atoms with Gasteiger partial charge in [0.1, 0.15) is 28.8 Å². The summed E-state index contributed by atoms with van der Waals surface area (Å²) in [5.41, 5.74) is 4.16. The normalized spacial score (nSPS) is 12.8. The molecule has 2 rings (SSSR count). The fourth-order valence-electron chi connectivity index (χ4n) is 2.99. The number of hydrogen-bond acceptors (Lipinski definition) is 9. The van der Waals surface area contributed by atoms with Crippen molar-refractivity contribution >= 4 is 33.8 Å². The van der Waals surface area contributed by atoms with E-state index in [1.165, 1.54) is 36.4 Å². The Kier molecular flexibility index (Phi) is 9.41. The van der Waals surface area contributed by atoms with Crippen LogP contribution in [0.15, 0.2) is 53.4 Å². The number of nitrogens with two attached hydrogens (primary N) is 1. The number of hydrogen-bond donors (Lipinski definition) is 3. The first-order valence-corrected chi connectivity index (χ1v) is 13.1. The Morgan fingerprint density at radius 3 is 1.84 bits per heavy atom. The molecule has 2 aromatic carbocycles. The number of esters is 3. The molecule has 0 spiro atoms. The second kappa shape index (κ2) is 11.7. The average Bonchev–Trinajstić information content (AvgIpc) is 2.76. The van der Waals surface area contributed by atoms with Gasteiger partial charge in [0.25, 0.3) is 0 Å². The SMILES string of the molecule is CC(C)(C)OC(=O)C[C@H](NS(=O)(=O)c1ccc(C(=O)Oc2ccc(C(=N)N)cc2)cc1)C(=O)OC(C)(C)C. The van der Waals surface area contributed by atoms with Crippen molar-refractivity contribution in [2.24, 2.45) is 5.73 Å². The van der Waals surface area contributed by atoms with Crippen molar-refractivity contribution < 1.29 is 37.0 Å². The molecule has 0 aliphatic rings. The quantitative estimate of drug-likeness (QED) is 0.184. The number of nitrogen functional groups attached to an aromatic ring is 1. The third-order valence-electron chi connectivity index (χ3n) is 4.56. The molecule has 0 saturated carbocycles. The molecule has 0 aromatic heterocycles. The monoisotopic (exact) mass is 547 g/mol. The number of rotatable bonds is 9. The fraction of sp³-hybridized carbons (Fsp3) is 0.385. The summed E-state index contributed by atoms with van der Waals surface area (Å²) in [7, 11) is -4.31. The maximum absolute atomic E-state index is 13.0. The van der Waals surface area contributed by atoms with Gasteiger partial charge in [-0.1, -0.05) is 0 Å². The Hall–Kier alpha value is -3.77.